The molecule has 0 saturated carbocycles. The number of amides is 1. The number of rotatable bonds is 6. The molecule has 102 valence electrons. The largest absolute Gasteiger partial charge is 0.370 e. The van der Waals surface area contributed by atoms with Crippen LogP contribution < -0.4 is 5.73 Å². The predicted octanol–water partition coefficient (Wildman–Crippen LogP) is 1.88. The first kappa shape index (κ1) is 14.5. The Morgan fingerprint density at radius 3 is 3.00 bits per heavy atom. The molecule has 0 spiro atoms. The summed E-state index contributed by atoms with van der Waals surface area (Å²) < 4.78 is 8.30. The van der Waals surface area contributed by atoms with Gasteiger partial charge in [0, 0.05) is 10.1 Å². The fourth-order valence-corrected chi connectivity index (χ4v) is 2.51. The SMILES string of the molecule is NC(=O)COCCn1c(CCl)nc2cc(I)ccc21. The summed E-state index contributed by atoms with van der Waals surface area (Å²) in [4.78, 5) is 15.1. The lowest BCUT2D eigenvalue weighted by Crippen LogP contribution is -2.20. The van der Waals surface area contributed by atoms with Gasteiger partial charge in [-0.25, -0.2) is 4.98 Å². The van der Waals surface area contributed by atoms with Crippen LogP contribution in [0.3, 0.4) is 0 Å². The summed E-state index contributed by atoms with van der Waals surface area (Å²) in [5.41, 5.74) is 6.94. The average Bonchev–Trinajstić information content (AvgIpc) is 2.71. The van der Waals surface area contributed by atoms with Gasteiger partial charge in [-0.3, -0.25) is 4.79 Å². The van der Waals surface area contributed by atoms with Crippen LogP contribution in [-0.2, 0) is 22.0 Å². The van der Waals surface area contributed by atoms with Crippen molar-refractivity contribution in [3.63, 3.8) is 0 Å². The number of benzene rings is 1. The molecule has 19 heavy (non-hydrogen) atoms. The number of hydrogen-bond acceptors (Lipinski definition) is 3. The fraction of sp³-hybridized carbons (Fsp3) is 0.333. The van der Waals surface area contributed by atoms with E-state index in [1.165, 1.54) is 0 Å². The first-order valence-corrected chi connectivity index (χ1v) is 7.30. The Morgan fingerprint density at radius 2 is 2.32 bits per heavy atom. The highest BCUT2D eigenvalue weighted by molar-refractivity contribution is 14.1. The van der Waals surface area contributed by atoms with E-state index in [-0.39, 0.29) is 6.61 Å². The smallest absolute Gasteiger partial charge is 0.243 e. The lowest BCUT2D eigenvalue weighted by atomic mass is 10.3. The van der Waals surface area contributed by atoms with Crippen LogP contribution in [0, 0.1) is 3.57 Å². The second-order valence-corrected chi connectivity index (χ2v) is 5.48. The van der Waals surface area contributed by atoms with Gasteiger partial charge in [0.1, 0.15) is 12.4 Å². The minimum Gasteiger partial charge on any atom is -0.370 e. The van der Waals surface area contributed by atoms with Gasteiger partial charge in [-0.15, -0.1) is 11.6 Å². The lowest BCUT2D eigenvalue weighted by molar-refractivity contribution is -0.122. The third kappa shape index (κ3) is 3.58. The molecular formula is C12H13ClIN3O2. The number of primary amides is 1. The minimum atomic E-state index is -0.470. The zero-order valence-electron chi connectivity index (χ0n) is 10.1. The van der Waals surface area contributed by atoms with E-state index in [9.17, 15) is 4.79 Å². The van der Waals surface area contributed by atoms with Crippen LogP contribution in [-0.4, -0.2) is 28.7 Å². The Kier molecular flexibility index (Phi) is 5.00. The fourth-order valence-electron chi connectivity index (χ4n) is 1.83. The maximum absolute atomic E-state index is 10.6. The van der Waals surface area contributed by atoms with E-state index in [1.807, 2.05) is 22.8 Å². The zero-order valence-corrected chi connectivity index (χ0v) is 13.0. The van der Waals surface area contributed by atoms with Crippen LogP contribution in [0.15, 0.2) is 18.2 Å². The molecule has 2 N–H and O–H groups in total. The third-order valence-corrected chi connectivity index (χ3v) is 3.52. The van der Waals surface area contributed by atoms with Gasteiger partial charge >= 0.3 is 0 Å². The van der Waals surface area contributed by atoms with Crippen LogP contribution in [0.1, 0.15) is 5.82 Å². The molecule has 0 aliphatic carbocycles. The molecule has 0 aliphatic heterocycles. The molecule has 0 fully saturated rings. The molecule has 0 saturated heterocycles. The number of halogens is 2. The molecule has 0 bridgehead atoms. The summed E-state index contributed by atoms with van der Waals surface area (Å²) in [6.45, 7) is 0.914. The predicted molar refractivity (Wildman–Crippen MR) is 82.0 cm³/mol. The van der Waals surface area contributed by atoms with E-state index in [4.69, 9.17) is 22.1 Å². The molecular weight excluding hydrogens is 381 g/mol. The molecule has 0 radical (unpaired) electrons. The molecule has 2 aromatic rings. The van der Waals surface area contributed by atoms with Crippen molar-refractivity contribution in [3.05, 3.63) is 27.6 Å². The Morgan fingerprint density at radius 1 is 1.53 bits per heavy atom. The summed E-state index contributed by atoms with van der Waals surface area (Å²) in [6, 6.07) is 6.03. The number of nitrogens with zero attached hydrogens (tertiary/aromatic N) is 2. The molecule has 5 nitrogen and oxygen atoms in total. The first-order valence-electron chi connectivity index (χ1n) is 5.68. The van der Waals surface area contributed by atoms with Crippen molar-refractivity contribution >= 4 is 51.1 Å². The van der Waals surface area contributed by atoms with Gasteiger partial charge in [-0.05, 0) is 40.8 Å². The van der Waals surface area contributed by atoms with Crippen molar-refractivity contribution in [1.82, 2.24) is 9.55 Å². The molecule has 0 unspecified atom stereocenters. The first-order chi connectivity index (χ1) is 9.11. The number of imidazole rings is 1. The quantitative estimate of drug-likeness (QED) is 0.463. The van der Waals surface area contributed by atoms with Gasteiger partial charge in [0.25, 0.3) is 0 Å². The number of aromatic nitrogens is 2. The number of fused-ring (bicyclic) bond motifs is 1. The zero-order chi connectivity index (χ0) is 13.8. The molecule has 1 aromatic carbocycles. The summed E-state index contributed by atoms with van der Waals surface area (Å²) in [5.74, 6) is 0.658. The van der Waals surface area contributed by atoms with E-state index >= 15 is 0 Å². The molecule has 1 amide bonds. The Balaban J connectivity index is 2.18. The normalized spacial score (nSPS) is 11.1. The van der Waals surface area contributed by atoms with Crippen LogP contribution in [0.5, 0.6) is 0 Å². The number of hydrogen-bond donors (Lipinski definition) is 1. The Bertz CT molecular complexity index is 600. The monoisotopic (exact) mass is 393 g/mol. The van der Waals surface area contributed by atoms with Crippen molar-refractivity contribution in [2.75, 3.05) is 13.2 Å². The van der Waals surface area contributed by atoms with Gasteiger partial charge < -0.3 is 15.0 Å². The van der Waals surface area contributed by atoms with Crippen LogP contribution in [0.4, 0.5) is 0 Å². The van der Waals surface area contributed by atoms with Crippen LogP contribution >= 0.6 is 34.2 Å². The molecule has 7 heteroatoms. The number of carbonyl (C=O) groups is 1. The third-order valence-electron chi connectivity index (χ3n) is 2.61. The summed E-state index contributed by atoms with van der Waals surface area (Å²) >= 11 is 8.15. The van der Waals surface area contributed by atoms with Crippen molar-refractivity contribution in [3.8, 4) is 0 Å². The Labute approximate surface area is 129 Å². The molecule has 0 aliphatic rings. The molecule has 1 heterocycles. The Hall–Kier alpha value is -0.860. The van der Waals surface area contributed by atoms with Crippen molar-refractivity contribution in [2.24, 2.45) is 5.73 Å². The standard InChI is InChI=1S/C12H13ClIN3O2/c13-6-12-16-9-5-8(14)1-2-10(9)17(12)3-4-19-7-11(15)18/h1-2,5H,3-4,6-7H2,(H2,15,18). The number of ether oxygens (including phenoxy) is 1. The van der Waals surface area contributed by atoms with Gasteiger partial charge in [0.15, 0.2) is 0 Å². The highest BCUT2D eigenvalue weighted by Crippen LogP contribution is 2.20. The van der Waals surface area contributed by atoms with E-state index in [2.05, 4.69) is 27.6 Å². The van der Waals surface area contributed by atoms with Crippen molar-refractivity contribution < 1.29 is 9.53 Å². The van der Waals surface area contributed by atoms with E-state index in [0.29, 0.717) is 19.0 Å². The highest BCUT2D eigenvalue weighted by Gasteiger charge is 2.10. The van der Waals surface area contributed by atoms with Crippen molar-refractivity contribution in [2.45, 2.75) is 12.4 Å². The van der Waals surface area contributed by atoms with Crippen LogP contribution in [0.2, 0.25) is 0 Å². The number of carbonyl (C=O) groups excluding carboxylic acids is 1. The van der Waals surface area contributed by atoms with Crippen LogP contribution in [0.25, 0.3) is 11.0 Å². The highest BCUT2D eigenvalue weighted by atomic mass is 127. The minimum absolute atomic E-state index is 0.0687. The average molecular weight is 394 g/mol. The van der Waals surface area contributed by atoms with E-state index in [1.54, 1.807) is 0 Å². The number of alkyl halides is 1. The van der Waals surface area contributed by atoms with Gasteiger partial charge in [-0.2, -0.15) is 0 Å². The van der Waals surface area contributed by atoms with E-state index in [0.717, 1.165) is 20.4 Å². The van der Waals surface area contributed by atoms with E-state index < -0.39 is 5.91 Å². The summed E-state index contributed by atoms with van der Waals surface area (Å²) in [6.07, 6.45) is 0. The second kappa shape index (κ2) is 6.53. The van der Waals surface area contributed by atoms with Gasteiger partial charge in [0.2, 0.25) is 5.91 Å². The molecule has 1 aromatic heterocycles. The molecule has 2 rings (SSSR count). The summed E-state index contributed by atoms with van der Waals surface area (Å²) in [5, 5.41) is 0. The number of nitrogens with two attached hydrogens (primary N) is 1. The lowest BCUT2D eigenvalue weighted by Gasteiger charge is -2.07. The maximum atomic E-state index is 10.6. The van der Waals surface area contributed by atoms with Crippen molar-refractivity contribution in [1.29, 1.82) is 0 Å². The van der Waals surface area contributed by atoms with Gasteiger partial charge in [-0.1, -0.05) is 0 Å². The maximum Gasteiger partial charge on any atom is 0.243 e. The second-order valence-electron chi connectivity index (χ2n) is 3.97. The summed E-state index contributed by atoms with van der Waals surface area (Å²) in [7, 11) is 0. The topological polar surface area (TPSA) is 70.1 Å². The van der Waals surface area contributed by atoms with Gasteiger partial charge in [0.05, 0.1) is 23.5 Å². The molecule has 0 atom stereocenters.